The Bertz CT molecular complexity index is 812. The van der Waals surface area contributed by atoms with Crippen LogP contribution in [0, 0.1) is 0 Å². The molecule has 3 N–H and O–H groups in total. The average molecular weight is 283 g/mol. The van der Waals surface area contributed by atoms with Crippen LogP contribution in [0.25, 0.3) is 16.8 Å². The van der Waals surface area contributed by atoms with Gasteiger partial charge in [-0.2, -0.15) is 0 Å². The number of amides is 1. The number of methoxy groups -OCH3 is 1. The number of rotatable bonds is 2. The third kappa shape index (κ3) is 2.36. The number of carbonyl (C=O) groups excluding carboxylic acids is 1. The molecule has 7 nitrogen and oxygen atoms in total. The highest BCUT2D eigenvalue weighted by Crippen LogP contribution is 2.28. The van der Waals surface area contributed by atoms with E-state index in [9.17, 15) is 4.79 Å². The van der Waals surface area contributed by atoms with Gasteiger partial charge in [0.15, 0.2) is 0 Å². The van der Waals surface area contributed by atoms with Gasteiger partial charge in [0.05, 0.1) is 12.6 Å². The van der Waals surface area contributed by atoms with Crippen LogP contribution in [-0.2, 0) is 4.74 Å². The zero-order valence-corrected chi connectivity index (χ0v) is 11.3. The second kappa shape index (κ2) is 5.12. The van der Waals surface area contributed by atoms with Gasteiger partial charge in [-0.1, -0.05) is 18.2 Å². The first-order chi connectivity index (χ1) is 10.2. The molecule has 0 unspecified atom stereocenters. The van der Waals surface area contributed by atoms with Gasteiger partial charge in [0.1, 0.15) is 5.69 Å². The van der Waals surface area contributed by atoms with Crippen molar-refractivity contribution >= 4 is 23.2 Å². The number of aromatic nitrogens is 3. The number of anilines is 2. The van der Waals surface area contributed by atoms with E-state index in [4.69, 9.17) is 5.73 Å². The molecule has 3 aromatic rings. The summed E-state index contributed by atoms with van der Waals surface area (Å²) in [7, 11) is 1.28. The van der Waals surface area contributed by atoms with E-state index in [1.165, 1.54) is 7.11 Å². The van der Waals surface area contributed by atoms with Gasteiger partial charge < -0.3 is 10.5 Å². The molecule has 1 amide bonds. The van der Waals surface area contributed by atoms with Crippen molar-refractivity contribution in [3.8, 4) is 11.3 Å². The minimum absolute atomic E-state index is 0.142. The van der Waals surface area contributed by atoms with Crippen molar-refractivity contribution in [1.29, 1.82) is 0 Å². The van der Waals surface area contributed by atoms with Gasteiger partial charge in [0.25, 0.3) is 5.95 Å². The van der Waals surface area contributed by atoms with Crippen LogP contribution in [0.5, 0.6) is 0 Å². The van der Waals surface area contributed by atoms with Gasteiger partial charge in [-0.15, -0.1) is 5.10 Å². The molecule has 0 aliphatic heterocycles. The lowest BCUT2D eigenvalue weighted by Crippen LogP contribution is -2.15. The van der Waals surface area contributed by atoms with E-state index < -0.39 is 6.09 Å². The number of hydrogen-bond acceptors (Lipinski definition) is 5. The average Bonchev–Trinajstić information content (AvgIpc) is 2.95. The van der Waals surface area contributed by atoms with E-state index in [0.717, 1.165) is 11.1 Å². The molecule has 0 bridgehead atoms. The first kappa shape index (κ1) is 12.9. The molecule has 0 aliphatic rings. The Labute approximate surface area is 120 Å². The number of para-hydroxylation sites is 1. The van der Waals surface area contributed by atoms with Gasteiger partial charge in [-0.25, -0.2) is 14.3 Å². The van der Waals surface area contributed by atoms with Crippen molar-refractivity contribution < 1.29 is 9.53 Å². The van der Waals surface area contributed by atoms with Crippen LogP contribution in [0.15, 0.2) is 42.6 Å². The van der Waals surface area contributed by atoms with E-state index in [0.29, 0.717) is 11.4 Å². The summed E-state index contributed by atoms with van der Waals surface area (Å²) in [6, 6.07) is 11.1. The summed E-state index contributed by atoms with van der Waals surface area (Å²) in [5.74, 6) is 0.142. The Balaban J connectivity index is 2.18. The van der Waals surface area contributed by atoms with Crippen LogP contribution < -0.4 is 11.1 Å². The van der Waals surface area contributed by atoms with Crippen molar-refractivity contribution in [1.82, 2.24) is 14.6 Å². The highest BCUT2D eigenvalue weighted by Gasteiger charge is 2.13. The predicted molar refractivity (Wildman–Crippen MR) is 78.9 cm³/mol. The van der Waals surface area contributed by atoms with E-state index >= 15 is 0 Å². The van der Waals surface area contributed by atoms with Crippen LogP contribution in [0.1, 0.15) is 0 Å². The fraction of sp³-hybridized carbons (Fsp3) is 0.0714. The minimum atomic E-state index is -0.631. The molecule has 0 radical (unpaired) electrons. The highest BCUT2D eigenvalue weighted by atomic mass is 16.5. The molecule has 2 heterocycles. The SMILES string of the molecule is COC(=O)Nc1nc(-c2ccccc2N)c2cccn2n1. The van der Waals surface area contributed by atoms with Gasteiger partial charge in [-0.3, -0.25) is 5.32 Å². The topological polar surface area (TPSA) is 94.5 Å². The summed E-state index contributed by atoms with van der Waals surface area (Å²) >= 11 is 0. The number of hydrogen-bond donors (Lipinski definition) is 2. The summed E-state index contributed by atoms with van der Waals surface area (Å²) in [6.45, 7) is 0. The third-order valence-corrected chi connectivity index (χ3v) is 3.01. The highest BCUT2D eigenvalue weighted by molar-refractivity contribution is 5.86. The molecule has 21 heavy (non-hydrogen) atoms. The van der Waals surface area contributed by atoms with E-state index in [1.807, 2.05) is 30.3 Å². The van der Waals surface area contributed by atoms with E-state index in [-0.39, 0.29) is 5.95 Å². The smallest absolute Gasteiger partial charge is 0.413 e. The van der Waals surface area contributed by atoms with Crippen LogP contribution in [0.2, 0.25) is 0 Å². The summed E-state index contributed by atoms with van der Waals surface area (Å²) < 4.78 is 6.18. The van der Waals surface area contributed by atoms with Gasteiger partial charge >= 0.3 is 6.09 Å². The lowest BCUT2D eigenvalue weighted by Gasteiger charge is -2.09. The molecule has 106 valence electrons. The quantitative estimate of drug-likeness (QED) is 0.703. The first-order valence-corrected chi connectivity index (χ1v) is 6.24. The molecule has 0 atom stereocenters. The lowest BCUT2D eigenvalue weighted by atomic mass is 10.1. The molecular formula is C14H13N5O2. The maximum Gasteiger partial charge on any atom is 0.413 e. The number of fused-ring (bicyclic) bond motifs is 1. The molecule has 0 fully saturated rings. The van der Waals surface area contributed by atoms with E-state index in [2.05, 4.69) is 20.1 Å². The van der Waals surface area contributed by atoms with Crippen LogP contribution in [0.3, 0.4) is 0 Å². The van der Waals surface area contributed by atoms with Crippen molar-refractivity contribution in [3.63, 3.8) is 0 Å². The maximum atomic E-state index is 11.3. The molecule has 7 heteroatoms. The number of benzene rings is 1. The lowest BCUT2D eigenvalue weighted by molar-refractivity contribution is 0.186. The van der Waals surface area contributed by atoms with E-state index in [1.54, 1.807) is 16.8 Å². The molecule has 0 aliphatic carbocycles. The molecule has 0 saturated heterocycles. The molecular weight excluding hydrogens is 270 g/mol. The normalized spacial score (nSPS) is 10.5. The summed E-state index contributed by atoms with van der Waals surface area (Å²) in [5, 5.41) is 6.65. The van der Waals surface area contributed by atoms with Crippen molar-refractivity contribution in [2.75, 3.05) is 18.2 Å². The number of nitrogens with one attached hydrogen (secondary N) is 1. The molecule has 1 aromatic carbocycles. The molecule has 2 aromatic heterocycles. The summed E-state index contributed by atoms with van der Waals surface area (Å²) in [5.41, 5.74) is 8.82. The monoisotopic (exact) mass is 283 g/mol. The molecule has 0 saturated carbocycles. The van der Waals surface area contributed by atoms with Gasteiger partial charge in [0.2, 0.25) is 0 Å². The molecule has 0 spiro atoms. The largest absolute Gasteiger partial charge is 0.453 e. The van der Waals surface area contributed by atoms with Gasteiger partial charge in [0, 0.05) is 17.4 Å². The Morgan fingerprint density at radius 1 is 1.29 bits per heavy atom. The number of ether oxygens (including phenoxy) is 1. The van der Waals surface area contributed by atoms with Crippen molar-refractivity contribution in [2.24, 2.45) is 0 Å². The zero-order chi connectivity index (χ0) is 14.8. The number of nitrogens with zero attached hydrogens (tertiary/aromatic N) is 3. The maximum absolute atomic E-state index is 11.3. The van der Waals surface area contributed by atoms with Crippen molar-refractivity contribution in [2.45, 2.75) is 0 Å². The fourth-order valence-electron chi connectivity index (χ4n) is 2.04. The Kier molecular flexibility index (Phi) is 3.15. The van der Waals surface area contributed by atoms with Gasteiger partial charge in [-0.05, 0) is 18.2 Å². The third-order valence-electron chi connectivity index (χ3n) is 3.01. The number of nitrogen functional groups attached to an aromatic ring is 1. The minimum Gasteiger partial charge on any atom is -0.453 e. The van der Waals surface area contributed by atoms with Crippen molar-refractivity contribution in [3.05, 3.63) is 42.6 Å². The second-order valence-corrected chi connectivity index (χ2v) is 4.33. The Morgan fingerprint density at radius 3 is 2.86 bits per heavy atom. The summed E-state index contributed by atoms with van der Waals surface area (Å²) in [6.07, 6.45) is 1.13. The van der Waals surface area contributed by atoms with Crippen LogP contribution >= 0.6 is 0 Å². The Hall–Kier alpha value is -3.09. The Morgan fingerprint density at radius 2 is 2.10 bits per heavy atom. The zero-order valence-electron chi connectivity index (χ0n) is 11.3. The van der Waals surface area contributed by atoms with Crippen LogP contribution in [0.4, 0.5) is 16.4 Å². The molecule has 3 rings (SSSR count). The first-order valence-electron chi connectivity index (χ1n) is 6.24. The fourth-order valence-corrected chi connectivity index (χ4v) is 2.04. The number of nitrogens with two attached hydrogens (primary N) is 1. The number of carbonyl (C=O) groups is 1. The predicted octanol–water partition coefficient (Wildman–Crippen LogP) is 2.16. The standard InChI is InChI=1S/C14H13N5O2/c1-21-14(20)17-13-16-12(9-5-2-3-6-10(9)15)11-7-4-8-19(11)18-13/h2-8H,15H2,1H3,(H,17,18,20). The second-order valence-electron chi connectivity index (χ2n) is 4.33. The van der Waals surface area contributed by atoms with Crippen LogP contribution in [-0.4, -0.2) is 27.8 Å². The summed E-state index contributed by atoms with van der Waals surface area (Å²) in [4.78, 5) is 15.7.